The Labute approximate surface area is 178 Å². The number of carbonyl (C=O) groups excluding carboxylic acids is 1. The molecule has 9 heteroatoms. The van der Waals surface area contributed by atoms with Gasteiger partial charge in [0, 0.05) is 29.3 Å². The fourth-order valence-corrected chi connectivity index (χ4v) is 3.76. The first kappa shape index (κ1) is 20.5. The first-order valence-electron chi connectivity index (χ1n) is 10.0. The number of hydrogen-bond donors (Lipinski definition) is 0. The highest BCUT2D eigenvalue weighted by atomic mass is 16.6. The summed E-state index contributed by atoms with van der Waals surface area (Å²) in [5.74, 6) is 1.24. The number of aromatic nitrogens is 2. The van der Waals surface area contributed by atoms with E-state index in [9.17, 15) is 14.9 Å². The summed E-state index contributed by atoms with van der Waals surface area (Å²) < 4.78 is 10.7. The maximum absolute atomic E-state index is 13.2. The van der Waals surface area contributed by atoms with Crippen molar-refractivity contribution in [1.82, 2.24) is 15.0 Å². The first-order chi connectivity index (χ1) is 15.0. The van der Waals surface area contributed by atoms with E-state index in [1.165, 1.54) is 6.07 Å². The third-order valence-electron chi connectivity index (χ3n) is 5.49. The number of amides is 1. The van der Waals surface area contributed by atoms with Gasteiger partial charge in [-0.2, -0.15) is 4.98 Å². The lowest BCUT2D eigenvalue weighted by Crippen LogP contribution is -2.38. The van der Waals surface area contributed by atoms with Gasteiger partial charge in [-0.25, -0.2) is 0 Å². The Morgan fingerprint density at radius 3 is 2.71 bits per heavy atom. The van der Waals surface area contributed by atoms with E-state index in [1.54, 1.807) is 31.1 Å². The highest BCUT2D eigenvalue weighted by Gasteiger charge is 2.33. The number of nitro groups is 1. The number of nitro benzene ring substituents is 1. The molecule has 0 aliphatic carbocycles. The Morgan fingerprint density at radius 1 is 1.23 bits per heavy atom. The molecule has 160 valence electrons. The van der Waals surface area contributed by atoms with Gasteiger partial charge in [-0.15, -0.1) is 0 Å². The van der Waals surface area contributed by atoms with Crippen LogP contribution in [0.2, 0.25) is 0 Å². The van der Waals surface area contributed by atoms with Crippen LogP contribution >= 0.6 is 0 Å². The molecule has 1 saturated heterocycles. The molecule has 0 saturated carbocycles. The van der Waals surface area contributed by atoms with Crippen molar-refractivity contribution in [2.45, 2.75) is 32.2 Å². The van der Waals surface area contributed by atoms with Crippen molar-refractivity contribution < 1.29 is 19.0 Å². The summed E-state index contributed by atoms with van der Waals surface area (Å²) in [5.41, 5.74) is 1.49. The molecule has 9 nitrogen and oxygen atoms in total. The van der Waals surface area contributed by atoms with Crippen molar-refractivity contribution >= 4 is 11.6 Å². The summed E-state index contributed by atoms with van der Waals surface area (Å²) in [7, 11) is 1.60. The Hall–Kier alpha value is -3.75. The van der Waals surface area contributed by atoms with Crippen LogP contribution in [0.5, 0.6) is 5.75 Å². The zero-order valence-corrected chi connectivity index (χ0v) is 17.3. The maximum atomic E-state index is 13.2. The maximum Gasteiger partial charge on any atom is 0.273 e. The summed E-state index contributed by atoms with van der Waals surface area (Å²) >= 11 is 0. The molecular weight excluding hydrogens is 400 g/mol. The molecule has 1 aliphatic heterocycles. The number of benzene rings is 2. The van der Waals surface area contributed by atoms with Crippen LogP contribution in [0.3, 0.4) is 0 Å². The summed E-state index contributed by atoms with van der Waals surface area (Å²) in [5, 5.41) is 15.4. The molecule has 1 amide bonds. The fraction of sp³-hybridized carbons (Fsp3) is 0.318. The first-order valence-corrected chi connectivity index (χ1v) is 10.0. The van der Waals surface area contributed by atoms with Crippen LogP contribution in [0.25, 0.3) is 11.4 Å². The van der Waals surface area contributed by atoms with Crippen molar-refractivity contribution in [3.8, 4) is 17.1 Å². The lowest BCUT2D eigenvalue weighted by molar-refractivity contribution is -0.385. The number of aryl methyl sites for hydroxylation is 1. The van der Waals surface area contributed by atoms with Crippen LogP contribution in [0.4, 0.5) is 5.69 Å². The van der Waals surface area contributed by atoms with Crippen LogP contribution < -0.4 is 4.74 Å². The van der Waals surface area contributed by atoms with Gasteiger partial charge in [-0.3, -0.25) is 14.9 Å². The SMILES string of the molecule is COc1ccc(-c2noc(C3CCCCN3C(=O)c3ccc(C)c([N+](=O)[O-])c3)n2)cc1. The van der Waals surface area contributed by atoms with Crippen molar-refractivity contribution in [1.29, 1.82) is 0 Å². The number of likely N-dealkylation sites (tertiary alicyclic amines) is 1. The molecule has 2 aromatic carbocycles. The molecule has 4 rings (SSSR count). The third-order valence-corrected chi connectivity index (χ3v) is 5.49. The third kappa shape index (κ3) is 4.11. The van der Waals surface area contributed by atoms with Crippen LogP contribution in [0.1, 0.15) is 47.1 Å². The highest BCUT2D eigenvalue weighted by molar-refractivity contribution is 5.95. The van der Waals surface area contributed by atoms with Gasteiger partial charge < -0.3 is 14.2 Å². The predicted octanol–water partition coefficient (Wildman–Crippen LogP) is 4.33. The molecule has 1 aliphatic rings. The van der Waals surface area contributed by atoms with Crippen molar-refractivity contribution in [2.24, 2.45) is 0 Å². The number of hydrogen-bond acceptors (Lipinski definition) is 7. The van der Waals surface area contributed by atoms with Gasteiger partial charge in [-0.05, 0) is 56.5 Å². The largest absolute Gasteiger partial charge is 0.497 e. The molecule has 0 N–H and O–H groups in total. The summed E-state index contributed by atoms with van der Waals surface area (Å²) in [6.07, 6.45) is 2.45. The van der Waals surface area contributed by atoms with Crippen LogP contribution in [0, 0.1) is 17.0 Å². The lowest BCUT2D eigenvalue weighted by Gasteiger charge is -2.33. The van der Waals surface area contributed by atoms with Crippen molar-refractivity contribution in [3.63, 3.8) is 0 Å². The Kier molecular flexibility index (Phi) is 5.66. The van der Waals surface area contributed by atoms with Gasteiger partial charge in [0.25, 0.3) is 11.6 Å². The second kappa shape index (κ2) is 8.55. The van der Waals surface area contributed by atoms with E-state index in [-0.39, 0.29) is 23.2 Å². The molecule has 1 fully saturated rings. The van der Waals surface area contributed by atoms with E-state index in [4.69, 9.17) is 9.26 Å². The van der Waals surface area contributed by atoms with Gasteiger partial charge in [0.15, 0.2) is 0 Å². The smallest absolute Gasteiger partial charge is 0.273 e. The van der Waals surface area contributed by atoms with Crippen LogP contribution in [-0.2, 0) is 0 Å². The van der Waals surface area contributed by atoms with Gasteiger partial charge in [0.05, 0.1) is 12.0 Å². The van der Waals surface area contributed by atoms with E-state index < -0.39 is 4.92 Å². The molecule has 1 atom stereocenters. The van der Waals surface area contributed by atoms with E-state index in [0.29, 0.717) is 30.2 Å². The van der Waals surface area contributed by atoms with E-state index in [0.717, 1.165) is 24.2 Å². The Morgan fingerprint density at radius 2 is 2.00 bits per heavy atom. The minimum Gasteiger partial charge on any atom is -0.497 e. The lowest BCUT2D eigenvalue weighted by atomic mass is 10.00. The number of nitrogens with zero attached hydrogens (tertiary/aromatic N) is 4. The number of carbonyl (C=O) groups is 1. The minimum atomic E-state index is -0.473. The molecule has 2 heterocycles. The van der Waals surface area contributed by atoms with E-state index in [2.05, 4.69) is 10.1 Å². The Bertz CT molecular complexity index is 1110. The van der Waals surface area contributed by atoms with Gasteiger partial charge in [-0.1, -0.05) is 11.2 Å². The molecule has 3 aromatic rings. The molecule has 1 unspecified atom stereocenters. The monoisotopic (exact) mass is 422 g/mol. The second-order valence-corrected chi connectivity index (χ2v) is 7.45. The molecule has 0 radical (unpaired) electrons. The average Bonchev–Trinajstić information content (AvgIpc) is 3.29. The van der Waals surface area contributed by atoms with Gasteiger partial charge in [0.1, 0.15) is 11.8 Å². The number of ether oxygens (including phenoxy) is 1. The summed E-state index contributed by atoms with van der Waals surface area (Å²) in [6.45, 7) is 2.17. The quantitative estimate of drug-likeness (QED) is 0.444. The molecule has 1 aromatic heterocycles. The highest BCUT2D eigenvalue weighted by Crippen LogP contribution is 2.33. The zero-order valence-electron chi connectivity index (χ0n) is 17.3. The predicted molar refractivity (Wildman–Crippen MR) is 112 cm³/mol. The van der Waals surface area contributed by atoms with Crippen molar-refractivity contribution in [2.75, 3.05) is 13.7 Å². The average molecular weight is 422 g/mol. The Balaban J connectivity index is 1.61. The van der Waals surface area contributed by atoms with E-state index >= 15 is 0 Å². The van der Waals surface area contributed by atoms with Crippen molar-refractivity contribution in [3.05, 3.63) is 69.6 Å². The summed E-state index contributed by atoms with van der Waals surface area (Å²) in [4.78, 5) is 30.2. The number of piperidine rings is 1. The molecule has 31 heavy (non-hydrogen) atoms. The van der Waals surface area contributed by atoms with Crippen LogP contribution in [0.15, 0.2) is 47.0 Å². The normalized spacial score (nSPS) is 16.2. The summed E-state index contributed by atoms with van der Waals surface area (Å²) in [6, 6.07) is 11.5. The van der Waals surface area contributed by atoms with Crippen LogP contribution in [-0.4, -0.2) is 39.5 Å². The van der Waals surface area contributed by atoms with Gasteiger partial charge >= 0.3 is 0 Å². The number of rotatable bonds is 5. The second-order valence-electron chi connectivity index (χ2n) is 7.45. The number of methoxy groups -OCH3 is 1. The standard InChI is InChI=1S/C22H22N4O5/c1-14-6-7-16(13-19(14)26(28)29)22(27)25-12-4-3-5-18(25)21-23-20(24-31-21)15-8-10-17(30-2)11-9-15/h6-11,13,18H,3-5,12H2,1-2H3. The molecule has 0 bridgehead atoms. The van der Waals surface area contributed by atoms with E-state index in [1.807, 2.05) is 24.3 Å². The molecule has 0 spiro atoms. The minimum absolute atomic E-state index is 0.0704. The fourth-order valence-electron chi connectivity index (χ4n) is 3.76. The zero-order chi connectivity index (χ0) is 22.0. The topological polar surface area (TPSA) is 112 Å². The van der Waals surface area contributed by atoms with Gasteiger partial charge in [0.2, 0.25) is 11.7 Å². The molecular formula is C22H22N4O5.